The molecule has 0 saturated heterocycles. The Labute approximate surface area is 235 Å². The Balaban J connectivity index is 1.60. The van der Waals surface area contributed by atoms with Gasteiger partial charge in [-0.3, -0.25) is 19.2 Å². The SMILES string of the molecule is CC#CC(=O)N(c1ccc2c(n1)c(O[C@H]1C[C@@](C)(C(=O)O)C1(C)C)nn2C)c1cc(C)c(I)cc1C1CC1. The number of carbonyl (C=O) groups is 2. The van der Waals surface area contributed by atoms with E-state index in [-0.39, 0.29) is 12.0 Å². The molecule has 8 nitrogen and oxygen atoms in total. The monoisotopic (exact) mass is 626 g/mol. The minimum atomic E-state index is -0.884. The van der Waals surface area contributed by atoms with Crippen LogP contribution in [0.25, 0.3) is 11.0 Å². The number of benzene rings is 1. The highest BCUT2D eigenvalue weighted by molar-refractivity contribution is 14.1. The fraction of sp³-hybridized carbons (Fsp3) is 0.448. The van der Waals surface area contributed by atoms with Gasteiger partial charge in [-0.2, -0.15) is 0 Å². The third-order valence-electron chi connectivity index (χ3n) is 8.43. The van der Waals surface area contributed by atoms with Crippen LogP contribution in [-0.2, 0) is 16.6 Å². The van der Waals surface area contributed by atoms with Crippen LogP contribution in [0, 0.1) is 33.2 Å². The molecule has 3 aromatic rings. The van der Waals surface area contributed by atoms with E-state index in [1.165, 1.54) is 0 Å². The fourth-order valence-corrected chi connectivity index (χ4v) is 5.69. The number of amides is 1. The zero-order valence-corrected chi connectivity index (χ0v) is 24.6. The summed E-state index contributed by atoms with van der Waals surface area (Å²) in [5, 5.41) is 14.3. The van der Waals surface area contributed by atoms with Gasteiger partial charge in [0.15, 0.2) is 5.52 Å². The van der Waals surface area contributed by atoms with E-state index in [1.807, 2.05) is 46.0 Å². The summed E-state index contributed by atoms with van der Waals surface area (Å²) >= 11 is 2.34. The molecular formula is C29H31IN4O4. The molecule has 38 heavy (non-hydrogen) atoms. The van der Waals surface area contributed by atoms with Crippen LogP contribution in [0.5, 0.6) is 5.88 Å². The second kappa shape index (κ2) is 9.26. The number of hydrogen-bond donors (Lipinski definition) is 1. The number of carboxylic acid groups (broad SMARTS) is 1. The summed E-state index contributed by atoms with van der Waals surface area (Å²) in [6.07, 6.45) is 2.22. The first-order valence-corrected chi connectivity index (χ1v) is 13.8. The topological polar surface area (TPSA) is 97.6 Å². The van der Waals surface area contributed by atoms with Crippen molar-refractivity contribution in [2.45, 2.75) is 65.9 Å². The average molecular weight is 626 g/mol. The molecule has 1 amide bonds. The minimum Gasteiger partial charge on any atom is -0.481 e. The zero-order valence-electron chi connectivity index (χ0n) is 22.4. The van der Waals surface area contributed by atoms with Gasteiger partial charge in [0.05, 0.1) is 16.6 Å². The molecule has 9 heteroatoms. The van der Waals surface area contributed by atoms with Gasteiger partial charge in [0.25, 0.3) is 5.88 Å². The summed E-state index contributed by atoms with van der Waals surface area (Å²) in [6.45, 7) is 9.24. The molecule has 2 aromatic heterocycles. The summed E-state index contributed by atoms with van der Waals surface area (Å²) in [5.74, 6) is 5.42. The van der Waals surface area contributed by atoms with Crippen molar-refractivity contribution in [3.8, 4) is 17.7 Å². The predicted molar refractivity (Wildman–Crippen MR) is 154 cm³/mol. The van der Waals surface area contributed by atoms with Gasteiger partial charge in [0.2, 0.25) is 0 Å². The van der Waals surface area contributed by atoms with Gasteiger partial charge in [0.1, 0.15) is 11.9 Å². The van der Waals surface area contributed by atoms with Crippen LogP contribution in [-0.4, -0.2) is 37.9 Å². The molecule has 0 aliphatic heterocycles. The van der Waals surface area contributed by atoms with Crippen LogP contribution in [0.15, 0.2) is 24.3 Å². The number of carboxylic acids is 1. The molecule has 2 heterocycles. The normalized spacial score (nSPS) is 21.8. The van der Waals surface area contributed by atoms with E-state index in [1.54, 1.807) is 23.4 Å². The quantitative estimate of drug-likeness (QED) is 0.278. The summed E-state index contributed by atoms with van der Waals surface area (Å²) in [5.41, 5.74) is 2.78. The number of halogens is 1. The van der Waals surface area contributed by atoms with E-state index in [4.69, 9.17) is 9.72 Å². The van der Waals surface area contributed by atoms with Crippen molar-refractivity contribution in [3.63, 3.8) is 0 Å². The summed E-state index contributed by atoms with van der Waals surface area (Å²) < 4.78 is 9.15. The standard InChI is InChI=1S/C29H31IN4O4/c1-7-8-24(35)34(21-13-16(2)19(30)14-18(21)17-9-10-17)23-12-11-20-25(31-23)26(32-33(20)6)38-22-15-29(5,27(36)37)28(22,3)4/h11-14,17,22H,9-10,15H2,1-6H3,(H,36,37)/t22-,29-/m0/s1. The van der Waals surface area contributed by atoms with Gasteiger partial charge in [-0.05, 0) is 103 Å². The molecule has 0 unspecified atom stereocenters. The maximum Gasteiger partial charge on any atom is 0.310 e. The van der Waals surface area contributed by atoms with E-state index in [0.29, 0.717) is 29.6 Å². The average Bonchev–Trinajstić information content (AvgIpc) is 3.65. The van der Waals surface area contributed by atoms with Crippen molar-refractivity contribution in [3.05, 3.63) is 39.0 Å². The Morgan fingerprint density at radius 2 is 1.95 bits per heavy atom. The van der Waals surface area contributed by atoms with Crippen LogP contribution < -0.4 is 9.64 Å². The molecule has 0 radical (unpaired) electrons. The number of fused-ring (bicyclic) bond motifs is 1. The van der Waals surface area contributed by atoms with Crippen molar-refractivity contribution in [2.24, 2.45) is 17.9 Å². The van der Waals surface area contributed by atoms with E-state index < -0.39 is 16.8 Å². The number of rotatable bonds is 6. The van der Waals surface area contributed by atoms with Crippen LogP contribution in [0.1, 0.15) is 64.0 Å². The van der Waals surface area contributed by atoms with Gasteiger partial charge in [-0.1, -0.05) is 19.8 Å². The minimum absolute atomic E-state index is 0.324. The van der Waals surface area contributed by atoms with Gasteiger partial charge < -0.3 is 9.84 Å². The zero-order chi connectivity index (χ0) is 27.6. The summed E-state index contributed by atoms with van der Waals surface area (Å²) in [4.78, 5) is 31.8. The molecule has 2 aliphatic rings. The largest absolute Gasteiger partial charge is 0.481 e. The van der Waals surface area contributed by atoms with Crippen molar-refractivity contribution in [1.29, 1.82) is 0 Å². The molecule has 198 valence electrons. The predicted octanol–water partition coefficient (Wildman–Crippen LogP) is 5.71. The van der Waals surface area contributed by atoms with Crippen molar-refractivity contribution in [2.75, 3.05) is 4.90 Å². The molecule has 2 fully saturated rings. The van der Waals surface area contributed by atoms with Gasteiger partial charge >= 0.3 is 11.9 Å². The number of anilines is 2. The Morgan fingerprint density at radius 1 is 1.24 bits per heavy atom. The molecule has 5 rings (SSSR count). The highest BCUT2D eigenvalue weighted by Crippen LogP contribution is 2.58. The lowest BCUT2D eigenvalue weighted by Crippen LogP contribution is -2.62. The summed E-state index contributed by atoms with van der Waals surface area (Å²) in [7, 11) is 1.81. The number of nitrogens with zero attached hydrogens (tertiary/aromatic N) is 4. The second-order valence-corrected chi connectivity index (χ2v) is 12.2. The van der Waals surface area contributed by atoms with Crippen molar-refractivity contribution in [1.82, 2.24) is 14.8 Å². The van der Waals surface area contributed by atoms with E-state index in [0.717, 1.165) is 38.7 Å². The van der Waals surface area contributed by atoms with E-state index in [9.17, 15) is 14.7 Å². The Bertz CT molecular complexity index is 1550. The lowest BCUT2D eigenvalue weighted by atomic mass is 9.50. The number of carbonyl (C=O) groups excluding carboxylic acids is 1. The smallest absolute Gasteiger partial charge is 0.310 e. The number of ether oxygens (including phenoxy) is 1. The van der Waals surface area contributed by atoms with Crippen molar-refractivity contribution < 1.29 is 19.4 Å². The second-order valence-electron chi connectivity index (χ2n) is 11.1. The third-order valence-corrected chi connectivity index (χ3v) is 9.59. The molecule has 0 spiro atoms. The van der Waals surface area contributed by atoms with Gasteiger partial charge in [0, 0.05) is 22.5 Å². The van der Waals surface area contributed by atoms with E-state index >= 15 is 0 Å². The molecular weight excluding hydrogens is 595 g/mol. The first kappa shape index (κ1) is 26.5. The molecule has 1 aromatic carbocycles. The van der Waals surface area contributed by atoms with Gasteiger partial charge in [-0.25, -0.2) is 4.98 Å². The lowest BCUT2D eigenvalue weighted by molar-refractivity contribution is -0.192. The molecule has 2 saturated carbocycles. The van der Waals surface area contributed by atoms with Crippen LogP contribution in [0.4, 0.5) is 11.5 Å². The Kier molecular flexibility index (Phi) is 6.45. The highest BCUT2D eigenvalue weighted by Gasteiger charge is 2.63. The maximum atomic E-state index is 13.4. The van der Waals surface area contributed by atoms with Crippen LogP contribution in [0.2, 0.25) is 0 Å². The van der Waals surface area contributed by atoms with Gasteiger partial charge in [-0.15, -0.1) is 5.10 Å². The number of hydrogen-bond acceptors (Lipinski definition) is 5. The van der Waals surface area contributed by atoms with E-state index in [2.05, 4.69) is 45.6 Å². The fourth-order valence-electron chi connectivity index (χ4n) is 5.20. The van der Waals surface area contributed by atoms with Crippen molar-refractivity contribution >= 4 is 57.0 Å². The molecule has 2 aliphatic carbocycles. The molecule has 1 N–H and O–H groups in total. The van der Waals surface area contributed by atoms with Crippen LogP contribution >= 0.6 is 22.6 Å². The number of aryl methyl sites for hydroxylation is 2. The Morgan fingerprint density at radius 3 is 2.55 bits per heavy atom. The third kappa shape index (κ3) is 4.13. The summed E-state index contributed by atoms with van der Waals surface area (Å²) in [6, 6.07) is 7.89. The Hall–Kier alpha value is -3.13. The number of pyridine rings is 1. The first-order valence-electron chi connectivity index (χ1n) is 12.7. The molecule has 2 atom stereocenters. The number of aliphatic carboxylic acids is 1. The highest BCUT2D eigenvalue weighted by atomic mass is 127. The first-order chi connectivity index (χ1) is 17.9. The maximum absolute atomic E-state index is 13.4. The van der Waals surface area contributed by atoms with Crippen LogP contribution in [0.3, 0.4) is 0 Å². The lowest BCUT2D eigenvalue weighted by Gasteiger charge is -2.56. The molecule has 0 bridgehead atoms. The number of aromatic nitrogens is 3.